The van der Waals surface area contributed by atoms with Gasteiger partial charge in [0.05, 0.1) is 6.04 Å². The lowest BCUT2D eigenvalue weighted by atomic mass is 9.92. The molecule has 1 saturated heterocycles. The van der Waals surface area contributed by atoms with Crippen LogP contribution in [-0.4, -0.2) is 24.0 Å². The third-order valence-corrected chi connectivity index (χ3v) is 4.03. The van der Waals surface area contributed by atoms with Gasteiger partial charge in [-0.25, -0.2) is 0 Å². The van der Waals surface area contributed by atoms with Crippen LogP contribution in [-0.2, 0) is 4.79 Å². The third-order valence-electron chi connectivity index (χ3n) is 4.03. The molecule has 0 spiro atoms. The van der Waals surface area contributed by atoms with Crippen molar-refractivity contribution in [3.8, 4) is 0 Å². The van der Waals surface area contributed by atoms with E-state index in [1.807, 2.05) is 0 Å². The van der Waals surface area contributed by atoms with Gasteiger partial charge in [-0.1, -0.05) is 6.92 Å². The predicted molar refractivity (Wildman–Crippen MR) is 65.1 cm³/mol. The molecular weight excluding hydrogens is 200 g/mol. The molecule has 0 radical (unpaired) electrons. The van der Waals surface area contributed by atoms with Crippen LogP contribution in [0, 0.1) is 11.8 Å². The summed E-state index contributed by atoms with van der Waals surface area (Å²) in [7, 11) is 0. The lowest BCUT2D eigenvalue weighted by molar-refractivity contribution is -0.125. The summed E-state index contributed by atoms with van der Waals surface area (Å²) < 4.78 is 0. The van der Waals surface area contributed by atoms with Gasteiger partial charge in [-0.05, 0) is 57.9 Å². The first kappa shape index (κ1) is 11.9. The van der Waals surface area contributed by atoms with Gasteiger partial charge in [-0.2, -0.15) is 0 Å². The SMILES string of the molecule is CC1CCNC(C(=O)NC(C)(C)C2CC2)C1. The number of nitrogens with one attached hydrogen (secondary N) is 2. The number of rotatable bonds is 3. The number of piperidine rings is 1. The highest BCUT2D eigenvalue weighted by Crippen LogP contribution is 2.39. The van der Waals surface area contributed by atoms with E-state index in [1.54, 1.807) is 0 Å². The number of hydrogen-bond acceptors (Lipinski definition) is 2. The van der Waals surface area contributed by atoms with Crippen LogP contribution in [0.1, 0.15) is 46.5 Å². The zero-order valence-electron chi connectivity index (χ0n) is 10.7. The molecule has 0 aromatic heterocycles. The van der Waals surface area contributed by atoms with Gasteiger partial charge in [0.1, 0.15) is 0 Å². The highest BCUT2D eigenvalue weighted by Gasteiger charge is 2.40. The van der Waals surface area contributed by atoms with Crippen molar-refractivity contribution < 1.29 is 4.79 Å². The lowest BCUT2D eigenvalue weighted by Gasteiger charge is -2.32. The van der Waals surface area contributed by atoms with Gasteiger partial charge in [0.25, 0.3) is 0 Å². The Morgan fingerprint density at radius 1 is 1.31 bits per heavy atom. The second-order valence-electron chi connectivity index (χ2n) is 6.12. The Balaban J connectivity index is 1.86. The van der Waals surface area contributed by atoms with Gasteiger partial charge < -0.3 is 10.6 Å². The monoisotopic (exact) mass is 224 g/mol. The third kappa shape index (κ3) is 2.76. The van der Waals surface area contributed by atoms with Gasteiger partial charge in [0, 0.05) is 5.54 Å². The molecule has 2 rings (SSSR count). The van der Waals surface area contributed by atoms with Gasteiger partial charge in [-0.15, -0.1) is 0 Å². The van der Waals surface area contributed by atoms with Crippen LogP contribution in [0.15, 0.2) is 0 Å². The van der Waals surface area contributed by atoms with Crippen molar-refractivity contribution in [3.05, 3.63) is 0 Å². The Morgan fingerprint density at radius 3 is 2.56 bits per heavy atom. The fourth-order valence-corrected chi connectivity index (χ4v) is 2.62. The summed E-state index contributed by atoms with van der Waals surface area (Å²) in [5, 5.41) is 6.53. The maximum absolute atomic E-state index is 12.1. The van der Waals surface area contributed by atoms with E-state index in [0.717, 1.165) is 13.0 Å². The fraction of sp³-hybridized carbons (Fsp3) is 0.923. The standard InChI is InChI=1S/C13H24N2O/c1-9-6-7-14-11(8-9)12(16)15-13(2,3)10-4-5-10/h9-11,14H,4-8H2,1-3H3,(H,15,16). The number of amides is 1. The maximum atomic E-state index is 12.1. The van der Waals surface area contributed by atoms with Crippen LogP contribution in [0.4, 0.5) is 0 Å². The quantitative estimate of drug-likeness (QED) is 0.766. The zero-order chi connectivity index (χ0) is 11.8. The number of hydrogen-bond donors (Lipinski definition) is 2. The average Bonchev–Trinajstić information content (AvgIpc) is 3.00. The average molecular weight is 224 g/mol. The lowest BCUT2D eigenvalue weighted by Crippen LogP contribution is -2.55. The molecule has 2 N–H and O–H groups in total. The van der Waals surface area contributed by atoms with E-state index in [4.69, 9.17) is 0 Å². The molecule has 1 aliphatic carbocycles. The van der Waals surface area contributed by atoms with Crippen LogP contribution in [0.5, 0.6) is 0 Å². The zero-order valence-corrected chi connectivity index (χ0v) is 10.7. The molecule has 2 atom stereocenters. The van der Waals surface area contributed by atoms with E-state index in [0.29, 0.717) is 11.8 Å². The van der Waals surface area contributed by atoms with Crippen molar-refractivity contribution >= 4 is 5.91 Å². The molecule has 1 saturated carbocycles. The first-order chi connectivity index (χ1) is 7.49. The molecular formula is C13H24N2O. The van der Waals surface area contributed by atoms with Crippen LogP contribution >= 0.6 is 0 Å². The van der Waals surface area contributed by atoms with Crippen molar-refractivity contribution in [3.63, 3.8) is 0 Å². The minimum atomic E-state index is -0.0144. The van der Waals surface area contributed by atoms with Crippen molar-refractivity contribution in [1.29, 1.82) is 0 Å². The molecule has 2 fully saturated rings. The molecule has 2 aliphatic rings. The van der Waals surface area contributed by atoms with Crippen molar-refractivity contribution in [2.45, 2.75) is 58.0 Å². The topological polar surface area (TPSA) is 41.1 Å². The van der Waals surface area contributed by atoms with Crippen LogP contribution < -0.4 is 10.6 Å². The van der Waals surface area contributed by atoms with E-state index in [-0.39, 0.29) is 17.5 Å². The summed E-state index contributed by atoms with van der Waals surface area (Å²) in [5.74, 6) is 1.56. The van der Waals surface area contributed by atoms with Crippen molar-refractivity contribution in [2.75, 3.05) is 6.54 Å². The van der Waals surface area contributed by atoms with E-state index >= 15 is 0 Å². The molecule has 3 nitrogen and oxygen atoms in total. The molecule has 3 heteroatoms. The Morgan fingerprint density at radius 2 is 2.00 bits per heavy atom. The summed E-state index contributed by atoms with van der Waals surface area (Å²) in [4.78, 5) is 12.1. The summed E-state index contributed by atoms with van der Waals surface area (Å²) >= 11 is 0. The van der Waals surface area contributed by atoms with E-state index in [2.05, 4.69) is 31.4 Å². The van der Waals surface area contributed by atoms with Crippen LogP contribution in [0.3, 0.4) is 0 Å². The van der Waals surface area contributed by atoms with E-state index in [9.17, 15) is 4.79 Å². The molecule has 1 aliphatic heterocycles. The normalized spacial score (nSPS) is 31.2. The van der Waals surface area contributed by atoms with Crippen molar-refractivity contribution in [1.82, 2.24) is 10.6 Å². The summed E-state index contributed by atoms with van der Waals surface area (Å²) in [6.45, 7) is 7.50. The highest BCUT2D eigenvalue weighted by molar-refractivity contribution is 5.82. The summed E-state index contributed by atoms with van der Waals surface area (Å²) in [6, 6.07) is 0.0294. The number of carbonyl (C=O) groups is 1. The van der Waals surface area contributed by atoms with Gasteiger partial charge in [0.2, 0.25) is 5.91 Å². The van der Waals surface area contributed by atoms with E-state index < -0.39 is 0 Å². The first-order valence-corrected chi connectivity index (χ1v) is 6.54. The second kappa shape index (κ2) is 4.36. The molecule has 92 valence electrons. The Labute approximate surface area is 98.4 Å². The molecule has 16 heavy (non-hydrogen) atoms. The molecule has 0 aromatic carbocycles. The van der Waals surface area contributed by atoms with E-state index in [1.165, 1.54) is 19.3 Å². The fourth-order valence-electron chi connectivity index (χ4n) is 2.62. The second-order valence-corrected chi connectivity index (χ2v) is 6.12. The minimum absolute atomic E-state index is 0.0144. The number of carbonyl (C=O) groups excluding carboxylic acids is 1. The molecule has 1 heterocycles. The molecule has 0 aromatic rings. The van der Waals surface area contributed by atoms with Crippen LogP contribution in [0.25, 0.3) is 0 Å². The highest BCUT2D eigenvalue weighted by atomic mass is 16.2. The summed E-state index contributed by atoms with van der Waals surface area (Å²) in [6.07, 6.45) is 4.70. The van der Waals surface area contributed by atoms with Crippen LogP contribution in [0.2, 0.25) is 0 Å². The minimum Gasteiger partial charge on any atom is -0.350 e. The Bertz CT molecular complexity index is 271. The molecule has 1 amide bonds. The van der Waals surface area contributed by atoms with Crippen molar-refractivity contribution in [2.24, 2.45) is 11.8 Å². The van der Waals surface area contributed by atoms with Gasteiger partial charge in [-0.3, -0.25) is 4.79 Å². The largest absolute Gasteiger partial charge is 0.350 e. The molecule has 2 unspecified atom stereocenters. The maximum Gasteiger partial charge on any atom is 0.237 e. The molecule has 0 bridgehead atoms. The smallest absolute Gasteiger partial charge is 0.237 e. The first-order valence-electron chi connectivity index (χ1n) is 6.54. The van der Waals surface area contributed by atoms with Gasteiger partial charge >= 0.3 is 0 Å². The Hall–Kier alpha value is -0.570. The van der Waals surface area contributed by atoms with Gasteiger partial charge in [0.15, 0.2) is 0 Å². The Kier molecular flexibility index (Phi) is 3.24. The summed E-state index contributed by atoms with van der Waals surface area (Å²) in [5.41, 5.74) is -0.0144. The predicted octanol–water partition coefficient (Wildman–Crippen LogP) is 1.68.